The molecular formula is C4H7FO2. The zero-order valence-electron chi connectivity index (χ0n) is 3.80. The van der Waals surface area contributed by atoms with Crippen LogP contribution >= 0.6 is 0 Å². The molecule has 0 amide bonds. The number of alkyl halides is 1. The summed E-state index contributed by atoms with van der Waals surface area (Å²) < 4.78 is 16.4. The van der Waals surface area contributed by atoms with Crippen molar-refractivity contribution in [3.8, 4) is 0 Å². The molecule has 0 aromatic carbocycles. The van der Waals surface area contributed by atoms with Crippen molar-refractivity contribution in [2.75, 3.05) is 6.61 Å². The summed E-state index contributed by atoms with van der Waals surface area (Å²) in [6.45, 7) is 0.350. The van der Waals surface area contributed by atoms with Crippen LogP contribution in [0.2, 0.25) is 0 Å². The van der Waals surface area contributed by atoms with E-state index < -0.39 is 12.5 Å². The van der Waals surface area contributed by atoms with E-state index in [-0.39, 0.29) is 0 Å². The third kappa shape index (κ3) is 0.894. The second-order valence-corrected chi connectivity index (χ2v) is 1.57. The number of ether oxygens (including phenoxy) is 1. The Bertz CT molecular complexity index is 58.7. The van der Waals surface area contributed by atoms with Crippen LogP contribution in [0.1, 0.15) is 6.42 Å². The van der Waals surface area contributed by atoms with Crippen molar-refractivity contribution in [1.29, 1.82) is 0 Å². The van der Waals surface area contributed by atoms with Crippen LogP contribution < -0.4 is 0 Å². The standard InChI is InChI=1S/C4H7FO2/c5-3-1-2-7-4(3)6/h3-4,6H,1-2H2/t3-,4-/m0/s1. The van der Waals surface area contributed by atoms with Crippen LogP contribution in [0.4, 0.5) is 4.39 Å². The smallest absolute Gasteiger partial charge is 0.186 e. The Morgan fingerprint density at radius 3 is 2.57 bits per heavy atom. The molecule has 42 valence electrons. The highest BCUT2D eigenvalue weighted by Crippen LogP contribution is 2.13. The van der Waals surface area contributed by atoms with Crippen LogP contribution in [-0.2, 0) is 4.74 Å². The van der Waals surface area contributed by atoms with Crippen molar-refractivity contribution in [2.24, 2.45) is 0 Å². The molecule has 1 fully saturated rings. The first-order valence-electron chi connectivity index (χ1n) is 2.24. The summed E-state index contributed by atoms with van der Waals surface area (Å²) in [5.74, 6) is 0. The molecule has 0 aromatic heterocycles. The maximum atomic E-state index is 11.9. The maximum Gasteiger partial charge on any atom is 0.186 e. The molecule has 2 atom stereocenters. The van der Waals surface area contributed by atoms with E-state index in [0.717, 1.165) is 0 Å². The third-order valence-electron chi connectivity index (χ3n) is 0.992. The fraction of sp³-hybridized carbons (Fsp3) is 1.00. The minimum Gasteiger partial charge on any atom is -0.366 e. The van der Waals surface area contributed by atoms with Gasteiger partial charge in [0.15, 0.2) is 12.5 Å². The number of halogens is 1. The Morgan fingerprint density at radius 1 is 1.71 bits per heavy atom. The van der Waals surface area contributed by atoms with Crippen LogP contribution in [0.25, 0.3) is 0 Å². The van der Waals surface area contributed by atoms with Gasteiger partial charge in [0.05, 0.1) is 6.61 Å². The molecule has 7 heavy (non-hydrogen) atoms. The van der Waals surface area contributed by atoms with Gasteiger partial charge in [0, 0.05) is 6.42 Å². The summed E-state index contributed by atoms with van der Waals surface area (Å²) in [4.78, 5) is 0. The van der Waals surface area contributed by atoms with E-state index in [0.29, 0.717) is 13.0 Å². The Morgan fingerprint density at radius 2 is 2.43 bits per heavy atom. The van der Waals surface area contributed by atoms with Gasteiger partial charge in [0.2, 0.25) is 0 Å². The third-order valence-corrected chi connectivity index (χ3v) is 0.992. The van der Waals surface area contributed by atoms with Gasteiger partial charge in [0.25, 0.3) is 0 Å². The Labute approximate surface area is 40.9 Å². The van der Waals surface area contributed by atoms with Gasteiger partial charge in [-0.2, -0.15) is 0 Å². The predicted molar refractivity (Wildman–Crippen MR) is 21.5 cm³/mol. The van der Waals surface area contributed by atoms with Crippen LogP contribution in [0, 0.1) is 0 Å². The lowest BCUT2D eigenvalue weighted by atomic mass is 10.3. The Hall–Kier alpha value is -0.150. The fourth-order valence-electron chi connectivity index (χ4n) is 0.548. The average Bonchev–Trinajstić information content (AvgIpc) is 1.91. The minimum absolute atomic E-state index is 0.334. The first kappa shape index (κ1) is 5.00. The quantitative estimate of drug-likeness (QED) is 0.473. The zero-order valence-corrected chi connectivity index (χ0v) is 3.80. The lowest BCUT2D eigenvalue weighted by molar-refractivity contribution is -0.0880. The molecule has 1 N–H and O–H groups in total. The lowest BCUT2D eigenvalue weighted by Crippen LogP contribution is -2.14. The van der Waals surface area contributed by atoms with Gasteiger partial charge in [-0.1, -0.05) is 0 Å². The largest absolute Gasteiger partial charge is 0.366 e. The van der Waals surface area contributed by atoms with Gasteiger partial charge >= 0.3 is 0 Å². The highest BCUT2D eigenvalue weighted by molar-refractivity contribution is 4.64. The molecule has 1 saturated heterocycles. The number of aliphatic hydroxyl groups excluding tert-OH is 1. The number of rotatable bonds is 0. The predicted octanol–water partition coefficient (Wildman–Crippen LogP) is 0.0632. The van der Waals surface area contributed by atoms with Crippen molar-refractivity contribution in [1.82, 2.24) is 0 Å². The van der Waals surface area contributed by atoms with Crippen molar-refractivity contribution in [3.05, 3.63) is 0 Å². The summed E-state index contributed by atoms with van der Waals surface area (Å²) in [5.41, 5.74) is 0. The van der Waals surface area contributed by atoms with E-state index in [4.69, 9.17) is 5.11 Å². The van der Waals surface area contributed by atoms with Gasteiger partial charge in [-0.15, -0.1) is 0 Å². The van der Waals surface area contributed by atoms with Gasteiger partial charge in [-0.05, 0) is 0 Å². The van der Waals surface area contributed by atoms with E-state index in [2.05, 4.69) is 4.74 Å². The average molecular weight is 106 g/mol. The highest BCUT2D eigenvalue weighted by atomic mass is 19.1. The molecule has 1 heterocycles. The molecule has 1 rings (SSSR count). The van der Waals surface area contributed by atoms with Crippen molar-refractivity contribution < 1.29 is 14.2 Å². The van der Waals surface area contributed by atoms with E-state index in [1.807, 2.05) is 0 Å². The number of hydrogen-bond acceptors (Lipinski definition) is 2. The summed E-state index contributed by atoms with van der Waals surface area (Å²) >= 11 is 0. The van der Waals surface area contributed by atoms with E-state index in [1.165, 1.54) is 0 Å². The van der Waals surface area contributed by atoms with Crippen molar-refractivity contribution in [3.63, 3.8) is 0 Å². The molecule has 1 aliphatic rings. The van der Waals surface area contributed by atoms with Gasteiger partial charge in [-0.3, -0.25) is 0 Å². The molecule has 0 radical (unpaired) electrons. The van der Waals surface area contributed by atoms with E-state index in [9.17, 15) is 4.39 Å². The zero-order chi connectivity index (χ0) is 5.28. The molecule has 3 heteroatoms. The van der Waals surface area contributed by atoms with Crippen molar-refractivity contribution >= 4 is 0 Å². The van der Waals surface area contributed by atoms with Gasteiger partial charge in [-0.25, -0.2) is 4.39 Å². The van der Waals surface area contributed by atoms with Crippen LogP contribution in [0.3, 0.4) is 0 Å². The molecule has 0 aromatic rings. The number of aliphatic hydroxyl groups is 1. The van der Waals surface area contributed by atoms with Crippen LogP contribution in [0.5, 0.6) is 0 Å². The maximum absolute atomic E-state index is 11.9. The first-order valence-corrected chi connectivity index (χ1v) is 2.24. The first-order chi connectivity index (χ1) is 3.30. The molecule has 0 bridgehead atoms. The topological polar surface area (TPSA) is 29.5 Å². The summed E-state index contributed by atoms with van der Waals surface area (Å²) in [7, 11) is 0. The molecule has 2 nitrogen and oxygen atoms in total. The summed E-state index contributed by atoms with van der Waals surface area (Å²) in [6.07, 6.45) is -1.97. The van der Waals surface area contributed by atoms with Crippen LogP contribution in [-0.4, -0.2) is 24.2 Å². The lowest BCUT2D eigenvalue weighted by Gasteiger charge is -1.99. The molecular weight excluding hydrogens is 99.0 g/mol. The monoisotopic (exact) mass is 106 g/mol. The van der Waals surface area contributed by atoms with Gasteiger partial charge < -0.3 is 9.84 Å². The molecule has 0 saturated carbocycles. The van der Waals surface area contributed by atoms with Gasteiger partial charge in [0.1, 0.15) is 0 Å². The SMILES string of the molecule is O[C@H]1OCC[C@@H]1F. The minimum atomic E-state index is -1.15. The molecule has 0 unspecified atom stereocenters. The fourth-order valence-corrected chi connectivity index (χ4v) is 0.548. The number of hydrogen-bond donors (Lipinski definition) is 1. The summed E-state index contributed by atoms with van der Waals surface area (Å²) in [6, 6.07) is 0. The van der Waals surface area contributed by atoms with Crippen molar-refractivity contribution in [2.45, 2.75) is 18.9 Å². The molecule has 1 aliphatic heterocycles. The Balaban J connectivity index is 2.33. The van der Waals surface area contributed by atoms with E-state index in [1.54, 1.807) is 0 Å². The Kier molecular flexibility index (Phi) is 1.25. The van der Waals surface area contributed by atoms with Crippen LogP contribution in [0.15, 0.2) is 0 Å². The normalized spacial score (nSPS) is 42.0. The molecule has 0 aliphatic carbocycles. The van der Waals surface area contributed by atoms with E-state index >= 15 is 0 Å². The molecule has 0 spiro atoms. The summed E-state index contributed by atoms with van der Waals surface area (Å²) in [5, 5.41) is 8.40. The second kappa shape index (κ2) is 1.76. The second-order valence-electron chi connectivity index (χ2n) is 1.57. The highest BCUT2D eigenvalue weighted by Gasteiger charge is 2.24.